The quantitative estimate of drug-likeness (QED) is 0.377. The molecule has 1 saturated carbocycles. The predicted octanol–water partition coefficient (Wildman–Crippen LogP) is 6.01. The summed E-state index contributed by atoms with van der Waals surface area (Å²) in [5.74, 6) is -4.39. The number of halogens is 8. The van der Waals surface area contributed by atoms with Crippen LogP contribution in [0.25, 0.3) is 0 Å². The van der Waals surface area contributed by atoms with Crippen molar-refractivity contribution in [1.29, 1.82) is 0 Å². The molecule has 0 bridgehead atoms. The van der Waals surface area contributed by atoms with Crippen LogP contribution in [0.2, 0.25) is 10.0 Å². The average molecular weight is 517 g/mol. The molecule has 1 amide bonds. The van der Waals surface area contributed by atoms with Gasteiger partial charge >= 0.3 is 12.1 Å². The van der Waals surface area contributed by atoms with Gasteiger partial charge in [0.05, 0.1) is 10.9 Å². The summed E-state index contributed by atoms with van der Waals surface area (Å²) in [6, 6.07) is 8.33. The fraction of sp³-hybridized carbons (Fsp3) is 0.300. The maximum atomic E-state index is 13.4. The Labute approximate surface area is 194 Å². The summed E-state index contributed by atoms with van der Waals surface area (Å²) in [4.78, 5) is 23.8. The number of carbonyl (C=O) groups is 2. The summed E-state index contributed by atoms with van der Waals surface area (Å²) in [7, 11) is 0. The molecule has 0 spiro atoms. The lowest BCUT2D eigenvalue weighted by Crippen LogP contribution is -2.36. The van der Waals surface area contributed by atoms with Crippen LogP contribution in [0.4, 0.5) is 17.6 Å². The Morgan fingerprint density at radius 1 is 1.03 bits per heavy atom. The molecule has 1 N–H and O–H groups in total. The SMILES string of the molecule is O=C(Cc1ccc(Cl)c(CNC(=O)C(F)(F)F)c1)C1C(c2ccc(F)c(Cl)c2)C1(Cl)Cl. The van der Waals surface area contributed by atoms with E-state index in [4.69, 9.17) is 46.4 Å². The van der Waals surface area contributed by atoms with Gasteiger partial charge in [0.2, 0.25) is 0 Å². The van der Waals surface area contributed by atoms with Gasteiger partial charge in [0, 0.05) is 23.9 Å². The molecule has 11 heteroatoms. The van der Waals surface area contributed by atoms with Gasteiger partial charge in [-0.2, -0.15) is 13.2 Å². The first-order valence-electron chi connectivity index (χ1n) is 8.80. The second kappa shape index (κ2) is 8.77. The zero-order chi connectivity index (χ0) is 23.1. The molecule has 2 unspecified atom stereocenters. The van der Waals surface area contributed by atoms with Crippen molar-refractivity contribution < 1.29 is 27.2 Å². The van der Waals surface area contributed by atoms with Gasteiger partial charge in [-0.05, 0) is 34.9 Å². The molecule has 2 aromatic carbocycles. The third-order valence-electron chi connectivity index (χ3n) is 4.89. The second-order valence-electron chi connectivity index (χ2n) is 7.05. The lowest BCUT2D eigenvalue weighted by molar-refractivity contribution is -0.173. The number of Topliss-reactive ketones (excluding diaryl/α,β-unsaturated/α-hetero) is 1. The monoisotopic (exact) mass is 515 g/mol. The Balaban J connectivity index is 1.71. The van der Waals surface area contributed by atoms with E-state index in [9.17, 15) is 27.2 Å². The standard InChI is InChI=1S/C20H13Cl4F4NO2/c21-12-3-1-9(5-11(12)8-29-18(31)20(26,27)28)6-15(30)17-16(19(17,23)24)10-2-4-14(25)13(22)7-10/h1-5,7,16-17H,6,8H2,(H,29,31). The first-order chi connectivity index (χ1) is 14.3. The lowest BCUT2D eigenvalue weighted by atomic mass is 10.0. The highest BCUT2D eigenvalue weighted by atomic mass is 35.5. The normalized spacial score (nSPS) is 19.7. The van der Waals surface area contributed by atoms with E-state index in [1.54, 1.807) is 5.32 Å². The van der Waals surface area contributed by atoms with Gasteiger partial charge in [-0.25, -0.2) is 4.39 Å². The van der Waals surface area contributed by atoms with Crippen LogP contribution in [0.1, 0.15) is 22.6 Å². The van der Waals surface area contributed by atoms with Crippen LogP contribution in [-0.2, 0) is 22.6 Å². The number of amides is 1. The fourth-order valence-corrected chi connectivity index (χ4v) is 4.55. The lowest BCUT2D eigenvalue weighted by Gasteiger charge is -2.11. The van der Waals surface area contributed by atoms with Gasteiger partial charge in [0.25, 0.3) is 0 Å². The molecule has 0 radical (unpaired) electrons. The van der Waals surface area contributed by atoms with Gasteiger partial charge in [-0.15, -0.1) is 23.2 Å². The molecule has 3 rings (SSSR count). The highest BCUT2D eigenvalue weighted by molar-refractivity contribution is 6.53. The minimum Gasteiger partial charge on any atom is -0.344 e. The molecule has 0 aromatic heterocycles. The number of nitrogens with one attached hydrogen (secondary N) is 1. The Bertz CT molecular complexity index is 1040. The van der Waals surface area contributed by atoms with Gasteiger partial charge in [0.1, 0.15) is 15.9 Å². The predicted molar refractivity (Wildman–Crippen MR) is 110 cm³/mol. The molecule has 0 saturated heterocycles. The number of benzene rings is 2. The summed E-state index contributed by atoms with van der Waals surface area (Å²) in [6.07, 6.45) is -5.14. The molecule has 0 heterocycles. The van der Waals surface area contributed by atoms with Crippen LogP contribution in [0.5, 0.6) is 0 Å². The minimum atomic E-state index is -5.02. The molecule has 31 heavy (non-hydrogen) atoms. The summed E-state index contributed by atoms with van der Waals surface area (Å²) < 4.78 is 49.1. The van der Waals surface area contributed by atoms with Crippen LogP contribution in [0.3, 0.4) is 0 Å². The molecular weight excluding hydrogens is 504 g/mol. The van der Waals surface area contributed by atoms with Crippen molar-refractivity contribution in [3.63, 3.8) is 0 Å². The van der Waals surface area contributed by atoms with E-state index in [1.165, 1.54) is 30.3 Å². The van der Waals surface area contributed by atoms with E-state index in [0.29, 0.717) is 11.1 Å². The highest BCUT2D eigenvalue weighted by Gasteiger charge is 2.66. The van der Waals surface area contributed by atoms with Gasteiger partial charge in [-0.3, -0.25) is 9.59 Å². The number of hydrogen-bond acceptors (Lipinski definition) is 2. The van der Waals surface area contributed by atoms with E-state index < -0.39 is 40.6 Å². The van der Waals surface area contributed by atoms with Crippen molar-refractivity contribution in [2.45, 2.75) is 29.4 Å². The van der Waals surface area contributed by atoms with Crippen molar-refractivity contribution in [3.8, 4) is 0 Å². The van der Waals surface area contributed by atoms with E-state index >= 15 is 0 Å². The summed E-state index contributed by atoms with van der Waals surface area (Å²) in [6.45, 7) is -0.464. The first kappa shape index (κ1) is 24.1. The fourth-order valence-electron chi connectivity index (χ4n) is 3.31. The van der Waals surface area contributed by atoms with E-state index in [0.717, 1.165) is 6.07 Å². The molecule has 1 aliphatic carbocycles. The van der Waals surface area contributed by atoms with Crippen LogP contribution in [0.15, 0.2) is 36.4 Å². The molecule has 3 nitrogen and oxygen atoms in total. The Morgan fingerprint density at radius 3 is 2.32 bits per heavy atom. The Hall–Kier alpha value is -1.54. The Morgan fingerprint density at radius 2 is 1.71 bits per heavy atom. The van der Waals surface area contributed by atoms with E-state index in [2.05, 4.69) is 0 Å². The van der Waals surface area contributed by atoms with Crippen LogP contribution in [-0.4, -0.2) is 22.2 Å². The molecule has 2 aromatic rings. The number of alkyl halides is 5. The van der Waals surface area contributed by atoms with Crippen molar-refractivity contribution in [1.82, 2.24) is 5.32 Å². The molecular formula is C20H13Cl4F4NO2. The maximum Gasteiger partial charge on any atom is 0.471 e. The minimum absolute atomic E-state index is 0.116. The van der Waals surface area contributed by atoms with Gasteiger partial charge < -0.3 is 5.32 Å². The number of rotatable bonds is 6. The van der Waals surface area contributed by atoms with Crippen molar-refractivity contribution in [3.05, 3.63) is 69.0 Å². The van der Waals surface area contributed by atoms with Crippen LogP contribution >= 0.6 is 46.4 Å². The highest BCUT2D eigenvalue weighted by Crippen LogP contribution is 2.65. The number of carbonyl (C=O) groups excluding carboxylic acids is 2. The van der Waals surface area contributed by atoms with E-state index in [1.807, 2.05) is 0 Å². The van der Waals surface area contributed by atoms with Gasteiger partial charge in [-0.1, -0.05) is 41.4 Å². The average Bonchev–Trinajstić information content (AvgIpc) is 3.25. The zero-order valence-corrected chi connectivity index (χ0v) is 18.4. The third kappa shape index (κ3) is 5.28. The molecule has 0 aliphatic heterocycles. The summed E-state index contributed by atoms with van der Waals surface area (Å²) >= 11 is 24.3. The third-order valence-corrected chi connectivity index (χ3v) is 6.49. The number of ketones is 1. The molecule has 2 atom stereocenters. The topological polar surface area (TPSA) is 46.2 Å². The van der Waals surface area contributed by atoms with Crippen molar-refractivity contribution >= 4 is 58.1 Å². The summed E-state index contributed by atoms with van der Waals surface area (Å²) in [5.41, 5.74) is 1.18. The smallest absolute Gasteiger partial charge is 0.344 e. The molecule has 166 valence electrons. The molecule has 1 aliphatic rings. The summed E-state index contributed by atoms with van der Waals surface area (Å²) in [5, 5.41) is 1.74. The largest absolute Gasteiger partial charge is 0.471 e. The second-order valence-corrected chi connectivity index (χ2v) is 9.31. The van der Waals surface area contributed by atoms with Crippen LogP contribution < -0.4 is 5.32 Å². The number of hydrogen-bond donors (Lipinski definition) is 1. The van der Waals surface area contributed by atoms with E-state index in [-0.39, 0.29) is 27.8 Å². The Kier molecular flexibility index (Phi) is 6.82. The zero-order valence-electron chi connectivity index (χ0n) is 15.4. The first-order valence-corrected chi connectivity index (χ1v) is 10.3. The van der Waals surface area contributed by atoms with Crippen molar-refractivity contribution in [2.24, 2.45) is 5.92 Å². The van der Waals surface area contributed by atoms with Crippen molar-refractivity contribution in [2.75, 3.05) is 0 Å². The van der Waals surface area contributed by atoms with Gasteiger partial charge in [0.15, 0.2) is 0 Å². The maximum absolute atomic E-state index is 13.4. The molecule has 1 fully saturated rings. The van der Waals surface area contributed by atoms with Crippen LogP contribution in [0, 0.1) is 11.7 Å².